The highest BCUT2D eigenvalue weighted by molar-refractivity contribution is 5.77. The van der Waals surface area contributed by atoms with Crippen molar-refractivity contribution in [3.05, 3.63) is 23.5 Å². The molecule has 1 aromatic carbocycles. The summed E-state index contributed by atoms with van der Waals surface area (Å²) in [6, 6.07) is 2.37. The highest BCUT2D eigenvalue weighted by atomic mass is 19.1. The van der Waals surface area contributed by atoms with Crippen molar-refractivity contribution in [1.82, 2.24) is 0 Å². The summed E-state index contributed by atoms with van der Waals surface area (Å²) in [5.41, 5.74) is 5.56. The maximum Gasteiger partial charge on any atom is 0.312 e. The molecule has 17 heavy (non-hydrogen) atoms. The average molecular weight is 243 g/mol. The van der Waals surface area contributed by atoms with Crippen LogP contribution in [-0.4, -0.2) is 31.8 Å². The summed E-state index contributed by atoms with van der Waals surface area (Å²) in [6.07, 6.45) is 0. The number of ether oxygens (including phenoxy) is 2. The molecule has 0 aliphatic rings. The van der Waals surface area contributed by atoms with Crippen LogP contribution in [0.3, 0.4) is 0 Å². The first kappa shape index (κ1) is 13.2. The van der Waals surface area contributed by atoms with Crippen molar-refractivity contribution >= 4 is 5.97 Å². The molecule has 0 saturated carbocycles. The van der Waals surface area contributed by atoms with Crippen LogP contribution in [0.2, 0.25) is 0 Å². The second-order valence-electron chi connectivity index (χ2n) is 3.36. The van der Waals surface area contributed by atoms with Gasteiger partial charge in [-0.2, -0.15) is 0 Å². The number of carboxylic acid groups (broad SMARTS) is 1. The van der Waals surface area contributed by atoms with Gasteiger partial charge in [-0.25, -0.2) is 4.39 Å². The number of carboxylic acids is 1. The first-order valence-electron chi connectivity index (χ1n) is 4.89. The smallest absolute Gasteiger partial charge is 0.312 e. The van der Waals surface area contributed by atoms with Gasteiger partial charge >= 0.3 is 5.97 Å². The molecule has 0 fully saturated rings. The molecule has 0 aliphatic carbocycles. The number of halogens is 1. The van der Waals surface area contributed by atoms with Gasteiger partial charge < -0.3 is 20.3 Å². The Bertz CT molecular complexity index is 422. The Morgan fingerprint density at radius 3 is 2.41 bits per heavy atom. The van der Waals surface area contributed by atoms with Gasteiger partial charge in [0, 0.05) is 18.2 Å². The number of aliphatic carboxylic acids is 1. The Kier molecular flexibility index (Phi) is 4.28. The number of hydrogen-bond donors (Lipinski definition) is 2. The maximum absolute atomic E-state index is 13.5. The molecule has 0 bridgehead atoms. The van der Waals surface area contributed by atoms with Gasteiger partial charge in [0.25, 0.3) is 0 Å². The lowest BCUT2D eigenvalue weighted by molar-refractivity contribution is -0.138. The lowest BCUT2D eigenvalue weighted by Crippen LogP contribution is -2.22. The molecule has 0 heterocycles. The van der Waals surface area contributed by atoms with Gasteiger partial charge in [-0.1, -0.05) is 0 Å². The topological polar surface area (TPSA) is 81.8 Å². The number of nitrogens with two attached hydrogens (primary N) is 1. The van der Waals surface area contributed by atoms with E-state index in [1.165, 1.54) is 20.3 Å². The molecule has 3 N–H and O–H groups in total. The minimum atomic E-state index is -1.13. The number of benzene rings is 1. The molecular weight excluding hydrogens is 229 g/mol. The molecule has 6 heteroatoms. The monoisotopic (exact) mass is 243 g/mol. The van der Waals surface area contributed by atoms with Gasteiger partial charge in [0.15, 0.2) is 11.6 Å². The minimum Gasteiger partial charge on any atom is -0.496 e. The fourth-order valence-electron chi connectivity index (χ4n) is 1.52. The molecular formula is C11H14FNO4. The second-order valence-corrected chi connectivity index (χ2v) is 3.36. The Balaban J connectivity index is 3.31. The van der Waals surface area contributed by atoms with Crippen LogP contribution >= 0.6 is 0 Å². The summed E-state index contributed by atoms with van der Waals surface area (Å²) >= 11 is 0. The number of methoxy groups -OCH3 is 2. The second kappa shape index (κ2) is 5.49. The number of carbonyl (C=O) groups is 1. The predicted octanol–water partition coefficient (Wildman–Crippen LogP) is 0.970. The van der Waals surface area contributed by atoms with Gasteiger partial charge in [-0.3, -0.25) is 4.79 Å². The lowest BCUT2D eigenvalue weighted by Gasteiger charge is -2.15. The van der Waals surface area contributed by atoms with E-state index >= 15 is 0 Å². The van der Waals surface area contributed by atoms with Crippen LogP contribution in [0.25, 0.3) is 0 Å². The molecule has 0 aliphatic heterocycles. The van der Waals surface area contributed by atoms with E-state index in [1.54, 1.807) is 0 Å². The van der Waals surface area contributed by atoms with Crippen molar-refractivity contribution in [2.24, 2.45) is 5.73 Å². The van der Waals surface area contributed by atoms with Crippen molar-refractivity contribution in [1.29, 1.82) is 0 Å². The van der Waals surface area contributed by atoms with E-state index in [9.17, 15) is 9.18 Å². The molecule has 1 aromatic rings. The molecule has 1 rings (SSSR count). The SMILES string of the molecule is COc1cc(OC)c(C(CN)C(=O)O)cc1F. The Hall–Kier alpha value is -1.82. The third kappa shape index (κ3) is 2.65. The van der Waals surface area contributed by atoms with Gasteiger partial charge in [0.2, 0.25) is 0 Å². The quantitative estimate of drug-likeness (QED) is 0.805. The zero-order valence-corrected chi connectivity index (χ0v) is 9.57. The molecule has 0 saturated heterocycles. The molecule has 0 aromatic heterocycles. The summed E-state index contributed by atoms with van der Waals surface area (Å²) in [5.74, 6) is -2.56. The largest absolute Gasteiger partial charge is 0.496 e. The summed E-state index contributed by atoms with van der Waals surface area (Å²) in [7, 11) is 2.68. The van der Waals surface area contributed by atoms with E-state index in [-0.39, 0.29) is 23.6 Å². The van der Waals surface area contributed by atoms with Crippen LogP contribution in [0.15, 0.2) is 12.1 Å². The molecule has 94 valence electrons. The molecule has 0 radical (unpaired) electrons. The Labute approximate surface area is 97.9 Å². The van der Waals surface area contributed by atoms with E-state index in [1.807, 2.05) is 0 Å². The van der Waals surface area contributed by atoms with Gasteiger partial charge in [0.05, 0.1) is 20.1 Å². The van der Waals surface area contributed by atoms with E-state index in [2.05, 4.69) is 0 Å². The minimum absolute atomic E-state index is 0.00763. The van der Waals surface area contributed by atoms with Crippen LogP contribution in [0, 0.1) is 5.82 Å². The summed E-state index contributed by atoms with van der Waals surface area (Å²) < 4.78 is 23.3. The molecule has 5 nitrogen and oxygen atoms in total. The Morgan fingerprint density at radius 1 is 1.41 bits per heavy atom. The highest BCUT2D eigenvalue weighted by Crippen LogP contribution is 2.32. The van der Waals surface area contributed by atoms with Crippen molar-refractivity contribution in [3.63, 3.8) is 0 Å². The average Bonchev–Trinajstić information content (AvgIpc) is 2.30. The zero-order chi connectivity index (χ0) is 13.0. The van der Waals surface area contributed by atoms with E-state index in [0.717, 1.165) is 6.07 Å². The zero-order valence-electron chi connectivity index (χ0n) is 9.57. The van der Waals surface area contributed by atoms with E-state index in [0.29, 0.717) is 0 Å². The molecule has 1 atom stereocenters. The summed E-state index contributed by atoms with van der Waals surface area (Å²) in [5, 5.41) is 8.97. The number of rotatable bonds is 5. The summed E-state index contributed by atoms with van der Waals surface area (Å²) in [4.78, 5) is 11.0. The van der Waals surface area contributed by atoms with E-state index < -0.39 is 17.7 Å². The standard InChI is InChI=1S/C11H14FNO4/c1-16-9-4-10(17-2)8(12)3-6(9)7(5-13)11(14)15/h3-4,7H,5,13H2,1-2H3,(H,14,15). The fraction of sp³-hybridized carbons (Fsp3) is 0.364. The van der Waals surface area contributed by atoms with Crippen LogP contribution in [-0.2, 0) is 4.79 Å². The molecule has 0 spiro atoms. The maximum atomic E-state index is 13.5. The van der Waals surface area contributed by atoms with Crippen LogP contribution in [0.5, 0.6) is 11.5 Å². The van der Waals surface area contributed by atoms with Crippen molar-refractivity contribution < 1.29 is 23.8 Å². The van der Waals surface area contributed by atoms with Gasteiger partial charge in [0.1, 0.15) is 5.75 Å². The summed E-state index contributed by atoms with van der Waals surface area (Å²) in [6.45, 7) is -0.141. The first-order chi connectivity index (χ1) is 8.04. The molecule has 0 amide bonds. The van der Waals surface area contributed by atoms with Crippen LogP contribution < -0.4 is 15.2 Å². The third-order valence-electron chi connectivity index (χ3n) is 2.41. The first-order valence-corrected chi connectivity index (χ1v) is 4.89. The predicted molar refractivity (Wildman–Crippen MR) is 58.9 cm³/mol. The Morgan fingerprint density at radius 2 is 2.00 bits per heavy atom. The fourth-order valence-corrected chi connectivity index (χ4v) is 1.52. The highest BCUT2D eigenvalue weighted by Gasteiger charge is 2.24. The van der Waals surface area contributed by atoms with Gasteiger partial charge in [-0.15, -0.1) is 0 Å². The van der Waals surface area contributed by atoms with Crippen molar-refractivity contribution in [2.45, 2.75) is 5.92 Å². The molecule has 1 unspecified atom stereocenters. The van der Waals surface area contributed by atoms with Crippen LogP contribution in [0.4, 0.5) is 4.39 Å². The van der Waals surface area contributed by atoms with Crippen molar-refractivity contribution in [3.8, 4) is 11.5 Å². The van der Waals surface area contributed by atoms with Gasteiger partial charge in [-0.05, 0) is 6.07 Å². The van der Waals surface area contributed by atoms with Crippen LogP contribution in [0.1, 0.15) is 11.5 Å². The number of hydrogen-bond acceptors (Lipinski definition) is 4. The third-order valence-corrected chi connectivity index (χ3v) is 2.41. The normalized spacial score (nSPS) is 12.0. The van der Waals surface area contributed by atoms with E-state index in [4.69, 9.17) is 20.3 Å². The lowest BCUT2D eigenvalue weighted by atomic mass is 9.98. The van der Waals surface area contributed by atoms with Crippen molar-refractivity contribution in [2.75, 3.05) is 20.8 Å².